The molecule has 3 rings (SSSR count). The molecule has 2 aliphatic heterocycles. The Morgan fingerprint density at radius 2 is 2.25 bits per heavy atom. The van der Waals surface area contributed by atoms with Crippen LogP contribution >= 0.6 is 11.6 Å². The maximum Gasteiger partial charge on any atom is 0.123 e. The molecule has 2 saturated heterocycles. The van der Waals surface area contributed by atoms with Gasteiger partial charge in [0.25, 0.3) is 0 Å². The second-order valence-electron chi connectivity index (χ2n) is 5.84. The number of likely N-dealkylation sites (tertiary alicyclic amines) is 1. The second kappa shape index (κ2) is 6.33. The monoisotopic (exact) mass is 294 g/mol. The Kier molecular flexibility index (Phi) is 4.49. The van der Waals surface area contributed by atoms with Crippen molar-refractivity contribution in [3.63, 3.8) is 0 Å². The van der Waals surface area contributed by atoms with Crippen LogP contribution in [0.25, 0.3) is 0 Å². The summed E-state index contributed by atoms with van der Waals surface area (Å²) in [5, 5.41) is 4.44. The summed E-state index contributed by atoms with van der Waals surface area (Å²) in [6, 6.07) is 7.24. The lowest BCUT2D eigenvalue weighted by Gasteiger charge is -2.30. The zero-order chi connectivity index (χ0) is 13.9. The van der Waals surface area contributed by atoms with Gasteiger partial charge in [-0.05, 0) is 57.0 Å². The average molecular weight is 295 g/mol. The van der Waals surface area contributed by atoms with Crippen LogP contribution in [-0.4, -0.2) is 37.2 Å². The van der Waals surface area contributed by atoms with Crippen molar-refractivity contribution in [2.45, 2.75) is 44.3 Å². The van der Waals surface area contributed by atoms with Gasteiger partial charge in [-0.3, -0.25) is 4.90 Å². The predicted molar refractivity (Wildman–Crippen MR) is 82.5 cm³/mol. The van der Waals surface area contributed by atoms with Gasteiger partial charge >= 0.3 is 0 Å². The quantitative estimate of drug-likeness (QED) is 0.924. The number of methoxy groups -OCH3 is 1. The predicted octanol–water partition coefficient (Wildman–Crippen LogP) is 3.07. The van der Waals surface area contributed by atoms with Crippen molar-refractivity contribution in [1.82, 2.24) is 10.2 Å². The van der Waals surface area contributed by atoms with Crippen molar-refractivity contribution in [3.8, 4) is 5.75 Å². The number of nitrogens with zero attached hydrogens (tertiary/aromatic N) is 1. The Balaban J connectivity index is 1.74. The van der Waals surface area contributed by atoms with Crippen LogP contribution < -0.4 is 10.1 Å². The molecule has 1 aromatic rings. The smallest absolute Gasteiger partial charge is 0.123 e. The van der Waals surface area contributed by atoms with E-state index in [1.54, 1.807) is 7.11 Å². The molecule has 0 aliphatic carbocycles. The standard InChI is InChI=1S/C16H23ClN2O/c1-20-16-7-6-13(17)10-12(16)11-19-9-3-5-15(19)14-4-2-8-18-14/h6-7,10,14-15,18H,2-5,8-9,11H2,1H3. The number of nitrogens with one attached hydrogen (secondary N) is 1. The van der Waals surface area contributed by atoms with Gasteiger partial charge < -0.3 is 10.1 Å². The molecule has 2 fully saturated rings. The Labute approximate surface area is 126 Å². The van der Waals surface area contributed by atoms with E-state index in [0.29, 0.717) is 12.1 Å². The summed E-state index contributed by atoms with van der Waals surface area (Å²) in [6.07, 6.45) is 5.23. The normalized spacial score (nSPS) is 27.1. The van der Waals surface area contributed by atoms with Crippen LogP contribution in [-0.2, 0) is 6.54 Å². The summed E-state index contributed by atoms with van der Waals surface area (Å²) in [4.78, 5) is 2.59. The van der Waals surface area contributed by atoms with Crippen LogP contribution in [0.15, 0.2) is 18.2 Å². The minimum absolute atomic E-state index is 0.668. The van der Waals surface area contributed by atoms with E-state index in [9.17, 15) is 0 Å². The van der Waals surface area contributed by atoms with Crippen LogP contribution in [0, 0.1) is 0 Å². The molecule has 0 bridgehead atoms. The van der Waals surface area contributed by atoms with Crippen molar-refractivity contribution in [1.29, 1.82) is 0 Å². The zero-order valence-corrected chi connectivity index (χ0v) is 12.8. The first-order valence-electron chi connectivity index (χ1n) is 7.58. The highest BCUT2D eigenvalue weighted by molar-refractivity contribution is 6.30. The third-order valence-electron chi connectivity index (χ3n) is 4.59. The molecule has 20 heavy (non-hydrogen) atoms. The van der Waals surface area contributed by atoms with Crippen LogP contribution in [0.2, 0.25) is 5.02 Å². The first kappa shape index (κ1) is 14.2. The number of benzene rings is 1. The number of halogens is 1. The molecular formula is C16H23ClN2O. The molecule has 3 nitrogen and oxygen atoms in total. The van der Waals surface area contributed by atoms with Gasteiger partial charge in [0.2, 0.25) is 0 Å². The van der Waals surface area contributed by atoms with Crippen LogP contribution in [0.1, 0.15) is 31.2 Å². The van der Waals surface area contributed by atoms with E-state index in [0.717, 1.165) is 17.3 Å². The third kappa shape index (κ3) is 2.95. The van der Waals surface area contributed by atoms with Gasteiger partial charge in [0.05, 0.1) is 7.11 Å². The first-order chi connectivity index (χ1) is 9.78. The molecule has 1 N–H and O–H groups in total. The lowest BCUT2D eigenvalue weighted by Crippen LogP contribution is -2.43. The van der Waals surface area contributed by atoms with Crippen molar-refractivity contribution in [2.75, 3.05) is 20.2 Å². The lowest BCUT2D eigenvalue weighted by molar-refractivity contribution is 0.204. The second-order valence-corrected chi connectivity index (χ2v) is 6.28. The van der Waals surface area contributed by atoms with Crippen molar-refractivity contribution in [3.05, 3.63) is 28.8 Å². The summed E-state index contributed by atoms with van der Waals surface area (Å²) in [5.41, 5.74) is 1.20. The summed E-state index contributed by atoms with van der Waals surface area (Å²) in [7, 11) is 1.73. The van der Waals surface area contributed by atoms with Crippen LogP contribution in [0.4, 0.5) is 0 Å². The molecule has 0 radical (unpaired) electrons. The van der Waals surface area contributed by atoms with E-state index in [4.69, 9.17) is 16.3 Å². The van der Waals surface area contributed by atoms with E-state index in [-0.39, 0.29) is 0 Å². The fourth-order valence-electron chi connectivity index (χ4n) is 3.63. The highest BCUT2D eigenvalue weighted by atomic mass is 35.5. The van der Waals surface area contributed by atoms with Crippen molar-refractivity contribution in [2.24, 2.45) is 0 Å². The van der Waals surface area contributed by atoms with Gasteiger partial charge in [-0.2, -0.15) is 0 Å². The highest BCUT2D eigenvalue weighted by Crippen LogP contribution is 2.30. The molecule has 0 spiro atoms. The van der Waals surface area contributed by atoms with Gasteiger partial charge in [-0.25, -0.2) is 0 Å². The number of ether oxygens (including phenoxy) is 1. The van der Waals surface area contributed by atoms with Gasteiger partial charge in [-0.15, -0.1) is 0 Å². The minimum Gasteiger partial charge on any atom is -0.496 e. The van der Waals surface area contributed by atoms with E-state index in [1.807, 2.05) is 18.2 Å². The average Bonchev–Trinajstić information content (AvgIpc) is 3.09. The number of hydrogen-bond acceptors (Lipinski definition) is 3. The van der Waals surface area contributed by atoms with E-state index < -0.39 is 0 Å². The molecule has 1 aromatic carbocycles. The van der Waals surface area contributed by atoms with Crippen LogP contribution in [0.3, 0.4) is 0 Å². The Hall–Kier alpha value is -0.770. The molecule has 2 atom stereocenters. The lowest BCUT2D eigenvalue weighted by atomic mass is 10.0. The van der Waals surface area contributed by atoms with Gasteiger partial charge in [0.1, 0.15) is 5.75 Å². The number of hydrogen-bond donors (Lipinski definition) is 1. The molecular weight excluding hydrogens is 272 g/mol. The van der Waals surface area contributed by atoms with Gasteiger partial charge in [0.15, 0.2) is 0 Å². The van der Waals surface area contributed by atoms with E-state index in [1.165, 1.54) is 44.3 Å². The Morgan fingerprint density at radius 3 is 3.00 bits per heavy atom. The topological polar surface area (TPSA) is 24.5 Å². The summed E-state index contributed by atoms with van der Waals surface area (Å²) in [5.74, 6) is 0.944. The SMILES string of the molecule is COc1ccc(Cl)cc1CN1CCCC1C1CCCN1. The summed E-state index contributed by atoms with van der Waals surface area (Å²) >= 11 is 6.14. The molecule has 4 heteroatoms. The van der Waals surface area contributed by atoms with Crippen molar-refractivity contribution >= 4 is 11.6 Å². The van der Waals surface area contributed by atoms with Gasteiger partial charge in [0, 0.05) is 29.2 Å². The molecule has 0 aromatic heterocycles. The minimum atomic E-state index is 0.668. The Bertz CT molecular complexity index is 460. The Morgan fingerprint density at radius 1 is 1.35 bits per heavy atom. The maximum atomic E-state index is 6.14. The maximum absolute atomic E-state index is 6.14. The molecule has 2 unspecified atom stereocenters. The first-order valence-corrected chi connectivity index (χ1v) is 7.95. The molecule has 2 aliphatic rings. The third-order valence-corrected chi connectivity index (χ3v) is 4.83. The molecule has 0 saturated carbocycles. The van der Waals surface area contributed by atoms with Crippen LogP contribution in [0.5, 0.6) is 5.75 Å². The molecule has 0 amide bonds. The zero-order valence-electron chi connectivity index (χ0n) is 12.1. The fraction of sp³-hybridized carbons (Fsp3) is 0.625. The number of rotatable bonds is 4. The van der Waals surface area contributed by atoms with E-state index in [2.05, 4.69) is 10.2 Å². The summed E-state index contributed by atoms with van der Waals surface area (Å²) < 4.78 is 5.47. The van der Waals surface area contributed by atoms with Gasteiger partial charge in [-0.1, -0.05) is 11.6 Å². The molecule has 2 heterocycles. The van der Waals surface area contributed by atoms with E-state index >= 15 is 0 Å². The fourth-order valence-corrected chi connectivity index (χ4v) is 3.83. The molecule has 110 valence electrons. The summed E-state index contributed by atoms with van der Waals surface area (Å²) in [6.45, 7) is 3.29. The highest BCUT2D eigenvalue weighted by Gasteiger charge is 2.33. The van der Waals surface area contributed by atoms with Crippen molar-refractivity contribution < 1.29 is 4.74 Å². The largest absolute Gasteiger partial charge is 0.496 e.